The largest absolute Gasteiger partial charge is 0.314 e. The Balaban J connectivity index is 1.88. The van der Waals surface area contributed by atoms with E-state index in [1.165, 1.54) is 37.1 Å². The predicted molar refractivity (Wildman–Crippen MR) is 76.1 cm³/mol. The van der Waals surface area contributed by atoms with Gasteiger partial charge in [0.25, 0.3) is 0 Å². The first-order valence-corrected chi connectivity index (χ1v) is 7.34. The van der Waals surface area contributed by atoms with Crippen molar-refractivity contribution in [2.45, 2.75) is 25.8 Å². The Hall–Kier alpha value is -0.570. The van der Waals surface area contributed by atoms with Crippen LogP contribution in [0.4, 0.5) is 0 Å². The van der Waals surface area contributed by atoms with Gasteiger partial charge in [-0.05, 0) is 48.9 Å². The highest BCUT2D eigenvalue weighted by Crippen LogP contribution is 2.45. The molecule has 1 aromatic carbocycles. The molecule has 1 aromatic rings. The molecule has 1 N–H and O–H groups in total. The third kappa shape index (κ3) is 2.56. The fraction of sp³-hybridized carbons (Fsp3) is 0.600. The fourth-order valence-corrected chi connectivity index (χ4v) is 3.32. The molecule has 3 rings (SSSR count). The number of aryl methyl sites for hydroxylation is 1. The van der Waals surface area contributed by atoms with Crippen LogP contribution < -0.4 is 5.32 Å². The third-order valence-corrected chi connectivity index (χ3v) is 4.40. The highest BCUT2D eigenvalue weighted by Gasteiger charge is 2.37. The van der Waals surface area contributed by atoms with Crippen LogP contribution in [0.3, 0.4) is 0 Å². The van der Waals surface area contributed by atoms with Crippen LogP contribution in [0.1, 0.15) is 30.0 Å². The van der Waals surface area contributed by atoms with Gasteiger partial charge in [0.1, 0.15) is 0 Å². The normalized spacial score (nSPS) is 23.0. The van der Waals surface area contributed by atoms with Gasteiger partial charge in [0.2, 0.25) is 0 Å². The smallest absolute Gasteiger partial charge is 0.0408 e. The lowest BCUT2D eigenvalue weighted by Crippen LogP contribution is -2.45. The van der Waals surface area contributed by atoms with Crippen molar-refractivity contribution >= 4 is 11.6 Å². The van der Waals surface area contributed by atoms with Crippen LogP contribution in [0.5, 0.6) is 0 Å². The van der Waals surface area contributed by atoms with Crippen molar-refractivity contribution in [1.29, 1.82) is 0 Å². The zero-order valence-corrected chi connectivity index (χ0v) is 11.7. The first-order valence-electron chi connectivity index (χ1n) is 6.96. The van der Waals surface area contributed by atoms with Crippen LogP contribution in [-0.2, 0) is 0 Å². The minimum Gasteiger partial charge on any atom is -0.314 e. The molecule has 0 bridgehead atoms. The molecule has 1 saturated heterocycles. The maximum Gasteiger partial charge on any atom is 0.0408 e. The lowest BCUT2D eigenvalue weighted by molar-refractivity contribution is 0.155. The first-order chi connectivity index (χ1) is 8.75. The van der Waals surface area contributed by atoms with Crippen LogP contribution in [0.25, 0.3) is 0 Å². The third-order valence-electron chi connectivity index (χ3n) is 4.16. The van der Waals surface area contributed by atoms with Gasteiger partial charge in [0.15, 0.2) is 0 Å². The van der Waals surface area contributed by atoms with Gasteiger partial charge in [-0.25, -0.2) is 0 Å². The van der Waals surface area contributed by atoms with Crippen molar-refractivity contribution in [3.63, 3.8) is 0 Å². The average molecular weight is 265 g/mol. The van der Waals surface area contributed by atoms with Gasteiger partial charge in [-0.3, -0.25) is 4.90 Å². The topological polar surface area (TPSA) is 15.3 Å². The summed E-state index contributed by atoms with van der Waals surface area (Å²) >= 11 is 6.08. The molecule has 1 saturated carbocycles. The lowest BCUT2D eigenvalue weighted by Gasteiger charge is -2.36. The summed E-state index contributed by atoms with van der Waals surface area (Å²) in [5.41, 5.74) is 2.83. The second-order valence-electron chi connectivity index (χ2n) is 5.57. The summed E-state index contributed by atoms with van der Waals surface area (Å²) in [4.78, 5) is 2.66. The van der Waals surface area contributed by atoms with Crippen molar-refractivity contribution < 1.29 is 0 Å². The Bertz CT molecular complexity index is 423. The summed E-state index contributed by atoms with van der Waals surface area (Å²) in [5.74, 6) is 0.864. The molecule has 98 valence electrons. The Morgan fingerprint density at radius 3 is 2.61 bits per heavy atom. The van der Waals surface area contributed by atoms with Crippen LogP contribution in [0, 0.1) is 12.8 Å². The van der Waals surface area contributed by atoms with Crippen LogP contribution in [0.15, 0.2) is 18.2 Å². The van der Waals surface area contributed by atoms with Gasteiger partial charge in [0, 0.05) is 37.2 Å². The molecule has 1 atom stereocenters. The first kappa shape index (κ1) is 12.5. The van der Waals surface area contributed by atoms with Crippen molar-refractivity contribution in [3.8, 4) is 0 Å². The highest BCUT2D eigenvalue weighted by atomic mass is 35.5. The van der Waals surface area contributed by atoms with Crippen molar-refractivity contribution in [3.05, 3.63) is 34.3 Å². The van der Waals surface area contributed by atoms with Gasteiger partial charge in [-0.2, -0.15) is 0 Å². The molecule has 2 aliphatic rings. The molecule has 0 spiro atoms. The summed E-state index contributed by atoms with van der Waals surface area (Å²) in [6.07, 6.45) is 2.77. The Morgan fingerprint density at radius 2 is 2.00 bits per heavy atom. The second-order valence-corrected chi connectivity index (χ2v) is 6.01. The van der Waals surface area contributed by atoms with Crippen LogP contribution in [0.2, 0.25) is 5.02 Å². The standard InChI is InChI=1S/C15H21ClN2/c1-11-10-13(16)4-5-14(11)15(12-2-3-12)18-8-6-17-7-9-18/h4-5,10,12,15,17H,2-3,6-9H2,1H3/t15-/m0/s1. The summed E-state index contributed by atoms with van der Waals surface area (Å²) in [6, 6.07) is 7.00. The van der Waals surface area contributed by atoms with Crippen molar-refractivity contribution in [2.24, 2.45) is 5.92 Å². The molecule has 2 nitrogen and oxygen atoms in total. The summed E-state index contributed by atoms with van der Waals surface area (Å²) in [5, 5.41) is 4.29. The van der Waals surface area contributed by atoms with E-state index in [0.29, 0.717) is 6.04 Å². The Kier molecular flexibility index (Phi) is 3.60. The zero-order valence-electron chi connectivity index (χ0n) is 11.0. The zero-order chi connectivity index (χ0) is 12.5. The monoisotopic (exact) mass is 264 g/mol. The van der Waals surface area contributed by atoms with E-state index >= 15 is 0 Å². The van der Waals surface area contributed by atoms with Gasteiger partial charge in [0.05, 0.1) is 0 Å². The molecular weight excluding hydrogens is 244 g/mol. The molecule has 1 aliphatic heterocycles. The molecule has 2 fully saturated rings. The SMILES string of the molecule is Cc1cc(Cl)ccc1[C@H](C1CC1)N1CCNCC1. The van der Waals surface area contributed by atoms with E-state index in [4.69, 9.17) is 11.6 Å². The van der Waals surface area contributed by atoms with E-state index in [2.05, 4.69) is 29.3 Å². The molecule has 0 aromatic heterocycles. The number of hydrogen-bond acceptors (Lipinski definition) is 2. The summed E-state index contributed by atoms with van der Waals surface area (Å²) in [7, 11) is 0. The predicted octanol–water partition coefficient (Wildman–Crippen LogP) is 3.00. The number of hydrogen-bond donors (Lipinski definition) is 1. The van der Waals surface area contributed by atoms with Gasteiger partial charge < -0.3 is 5.32 Å². The van der Waals surface area contributed by atoms with E-state index in [1.54, 1.807) is 0 Å². The number of benzene rings is 1. The number of nitrogens with one attached hydrogen (secondary N) is 1. The number of nitrogens with zero attached hydrogens (tertiary/aromatic N) is 1. The van der Waals surface area contributed by atoms with Crippen molar-refractivity contribution in [1.82, 2.24) is 10.2 Å². The number of halogens is 1. The molecule has 1 heterocycles. The molecule has 18 heavy (non-hydrogen) atoms. The van der Waals surface area contributed by atoms with E-state index in [9.17, 15) is 0 Å². The van der Waals surface area contributed by atoms with E-state index in [0.717, 1.165) is 24.0 Å². The second kappa shape index (κ2) is 5.20. The number of rotatable bonds is 3. The average Bonchev–Trinajstić information content (AvgIpc) is 3.18. The quantitative estimate of drug-likeness (QED) is 0.903. The van der Waals surface area contributed by atoms with Gasteiger partial charge in [-0.15, -0.1) is 0 Å². The minimum absolute atomic E-state index is 0.615. The van der Waals surface area contributed by atoms with Crippen LogP contribution in [-0.4, -0.2) is 31.1 Å². The molecule has 0 radical (unpaired) electrons. The van der Waals surface area contributed by atoms with Crippen LogP contribution >= 0.6 is 11.6 Å². The number of piperazine rings is 1. The van der Waals surface area contributed by atoms with E-state index in [-0.39, 0.29) is 0 Å². The molecule has 3 heteroatoms. The summed E-state index contributed by atoms with van der Waals surface area (Å²) in [6.45, 7) is 6.77. The molecule has 0 unspecified atom stereocenters. The van der Waals surface area contributed by atoms with E-state index in [1.807, 2.05) is 6.07 Å². The summed E-state index contributed by atoms with van der Waals surface area (Å²) < 4.78 is 0. The Morgan fingerprint density at radius 1 is 1.28 bits per heavy atom. The maximum absolute atomic E-state index is 6.08. The van der Waals surface area contributed by atoms with Gasteiger partial charge >= 0.3 is 0 Å². The van der Waals surface area contributed by atoms with Gasteiger partial charge in [-0.1, -0.05) is 17.7 Å². The molecule has 0 amide bonds. The fourth-order valence-electron chi connectivity index (χ4n) is 3.09. The Labute approximate surface area is 114 Å². The van der Waals surface area contributed by atoms with Crippen molar-refractivity contribution in [2.75, 3.05) is 26.2 Å². The highest BCUT2D eigenvalue weighted by molar-refractivity contribution is 6.30. The molecule has 1 aliphatic carbocycles. The van der Waals surface area contributed by atoms with E-state index < -0.39 is 0 Å². The molecular formula is C15H21ClN2. The minimum atomic E-state index is 0.615. The maximum atomic E-state index is 6.08. The lowest BCUT2D eigenvalue weighted by atomic mass is 9.95.